The lowest BCUT2D eigenvalue weighted by Crippen LogP contribution is -2.50. The molecule has 2 amide bonds. The van der Waals surface area contributed by atoms with Gasteiger partial charge in [-0.05, 0) is 60.6 Å². The number of nitrogens with one attached hydrogen (secondary N) is 2. The predicted molar refractivity (Wildman–Crippen MR) is 137 cm³/mol. The van der Waals surface area contributed by atoms with E-state index in [0.717, 1.165) is 28.7 Å². The predicted octanol–water partition coefficient (Wildman–Crippen LogP) is 4.43. The van der Waals surface area contributed by atoms with Gasteiger partial charge in [-0.15, -0.1) is 11.3 Å². The third kappa shape index (κ3) is 5.42. The second kappa shape index (κ2) is 9.64. The molecule has 1 saturated carbocycles. The number of benzene rings is 2. The lowest BCUT2D eigenvalue weighted by atomic mass is 10.0. The van der Waals surface area contributed by atoms with Crippen LogP contribution in [0.3, 0.4) is 0 Å². The number of hydrogen-bond acceptors (Lipinski definition) is 6. The Kier molecular flexibility index (Phi) is 6.90. The molecule has 1 aliphatic rings. The van der Waals surface area contributed by atoms with Crippen LogP contribution in [0, 0.1) is 23.1 Å². The smallest absolute Gasteiger partial charge is 0.265 e. The quantitative estimate of drug-likeness (QED) is 0.450. The van der Waals surface area contributed by atoms with Gasteiger partial charge in [0.2, 0.25) is 5.91 Å². The monoisotopic (exact) mass is 527 g/mol. The maximum atomic E-state index is 15.2. The Morgan fingerprint density at radius 3 is 2.33 bits per heavy atom. The van der Waals surface area contributed by atoms with E-state index in [9.17, 15) is 23.3 Å². The van der Waals surface area contributed by atoms with Crippen LogP contribution in [0.4, 0.5) is 4.39 Å². The molecule has 2 N–H and O–H groups in total. The van der Waals surface area contributed by atoms with Crippen molar-refractivity contribution in [2.75, 3.05) is 6.26 Å². The number of nitriles is 1. The first-order valence-electron chi connectivity index (χ1n) is 11.5. The highest BCUT2D eigenvalue weighted by Crippen LogP contribution is 2.35. The lowest BCUT2D eigenvalue weighted by molar-refractivity contribution is -0.123. The molecule has 0 spiro atoms. The third-order valence-electron chi connectivity index (χ3n) is 6.11. The molecule has 36 heavy (non-hydrogen) atoms. The van der Waals surface area contributed by atoms with E-state index in [4.69, 9.17) is 0 Å². The van der Waals surface area contributed by atoms with Crippen molar-refractivity contribution in [3.63, 3.8) is 0 Å². The number of thiophene rings is 1. The summed E-state index contributed by atoms with van der Waals surface area (Å²) in [5.41, 5.74) is 0.638. The van der Waals surface area contributed by atoms with Crippen molar-refractivity contribution >= 4 is 43.1 Å². The average Bonchev–Trinajstić information content (AvgIpc) is 3.52. The van der Waals surface area contributed by atoms with Gasteiger partial charge in [-0.1, -0.05) is 32.0 Å². The molecule has 7 nitrogen and oxygen atoms in total. The van der Waals surface area contributed by atoms with Crippen LogP contribution in [0.5, 0.6) is 0 Å². The first-order valence-corrected chi connectivity index (χ1v) is 14.2. The van der Waals surface area contributed by atoms with E-state index in [1.54, 1.807) is 30.3 Å². The highest BCUT2D eigenvalue weighted by molar-refractivity contribution is 7.90. The Balaban J connectivity index is 1.58. The van der Waals surface area contributed by atoms with Crippen molar-refractivity contribution in [2.24, 2.45) is 5.92 Å². The van der Waals surface area contributed by atoms with Gasteiger partial charge in [0.15, 0.2) is 15.7 Å². The minimum atomic E-state index is -3.32. The second-order valence-corrected chi connectivity index (χ2v) is 12.7. The van der Waals surface area contributed by atoms with Gasteiger partial charge in [-0.3, -0.25) is 9.59 Å². The second-order valence-electron chi connectivity index (χ2n) is 9.59. The number of rotatable bonds is 8. The minimum Gasteiger partial charge on any atom is -0.339 e. The molecule has 10 heteroatoms. The van der Waals surface area contributed by atoms with Crippen LogP contribution >= 0.6 is 11.3 Å². The van der Waals surface area contributed by atoms with Crippen LogP contribution < -0.4 is 10.6 Å². The van der Waals surface area contributed by atoms with Crippen LogP contribution in [0.1, 0.15) is 42.8 Å². The van der Waals surface area contributed by atoms with E-state index in [0.29, 0.717) is 24.0 Å². The summed E-state index contributed by atoms with van der Waals surface area (Å²) in [6.45, 7) is 3.82. The first kappa shape index (κ1) is 25.8. The summed E-state index contributed by atoms with van der Waals surface area (Å²) in [5.74, 6) is -1.71. The van der Waals surface area contributed by atoms with Gasteiger partial charge in [0.05, 0.1) is 11.0 Å². The van der Waals surface area contributed by atoms with Crippen LogP contribution in [0.2, 0.25) is 0 Å². The van der Waals surface area contributed by atoms with Crippen molar-refractivity contribution in [3.05, 3.63) is 53.2 Å². The summed E-state index contributed by atoms with van der Waals surface area (Å²) in [7, 11) is -3.32. The van der Waals surface area contributed by atoms with Gasteiger partial charge in [-0.25, -0.2) is 12.8 Å². The molecule has 2 aromatic carbocycles. The zero-order valence-corrected chi connectivity index (χ0v) is 21.7. The molecule has 0 aliphatic heterocycles. The summed E-state index contributed by atoms with van der Waals surface area (Å²) in [6, 6.07) is 12.6. The number of sulfone groups is 1. The molecule has 1 aliphatic carbocycles. The van der Waals surface area contributed by atoms with Crippen molar-refractivity contribution in [2.45, 2.75) is 49.6 Å². The Bertz CT molecular complexity index is 1480. The third-order valence-corrected chi connectivity index (χ3v) is 8.36. The van der Waals surface area contributed by atoms with Gasteiger partial charge in [0.25, 0.3) is 5.91 Å². The number of amides is 2. The first-order chi connectivity index (χ1) is 16.9. The van der Waals surface area contributed by atoms with Gasteiger partial charge in [0.1, 0.15) is 16.5 Å². The van der Waals surface area contributed by atoms with E-state index in [-0.39, 0.29) is 21.1 Å². The van der Waals surface area contributed by atoms with Gasteiger partial charge in [0, 0.05) is 16.3 Å². The number of halogens is 1. The minimum absolute atomic E-state index is 0.0854. The van der Waals surface area contributed by atoms with Gasteiger partial charge in [-0.2, -0.15) is 5.26 Å². The van der Waals surface area contributed by atoms with E-state index in [1.165, 1.54) is 12.1 Å². The number of fused-ring (bicyclic) bond motifs is 1. The number of nitrogens with zero attached hydrogens (tertiary/aromatic N) is 1. The van der Waals surface area contributed by atoms with E-state index >= 15 is 4.39 Å². The van der Waals surface area contributed by atoms with Crippen molar-refractivity contribution in [3.8, 4) is 17.2 Å². The molecule has 1 aromatic heterocycles. The normalized spacial score (nSPS) is 15.3. The maximum absolute atomic E-state index is 15.2. The Morgan fingerprint density at radius 1 is 1.14 bits per heavy atom. The summed E-state index contributed by atoms with van der Waals surface area (Å²) >= 11 is 0.984. The fraction of sp³-hybridized carbons (Fsp3) is 0.346. The molecule has 0 bridgehead atoms. The van der Waals surface area contributed by atoms with Crippen LogP contribution in [-0.2, 0) is 14.6 Å². The summed E-state index contributed by atoms with van der Waals surface area (Å²) < 4.78 is 39.1. The average molecular weight is 528 g/mol. The Labute approximate surface area is 213 Å². The molecule has 1 fully saturated rings. The molecule has 188 valence electrons. The van der Waals surface area contributed by atoms with Gasteiger partial charge < -0.3 is 10.6 Å². The standard InChI is InChI=1S/C26H26FN3O4S2/c1-15(2)12-20(24(31)30-26(14-28)10-11-26)29-25(32)23-22(27)19-9-6-17(13-21(19)35-23)16-4-7-18(8-5-16)36(3,33)34/h4-9,13,15,20H,10-12H2,1-3H3,(H,29,32)(H,30,31)/t20-/m0/s1. The zero-order valence-electron chi connectivity index (χ0n) is 20.1. The van der Waals surface area contributed by atoms with E-state index in [1.807, 2.05) is 13.8 Å². The van der Waals surface area contributed by atoms with Crippen LogP contribution in [0.15, 0.2) is 47.4 Å². The lowest BCUT2D eigenvalue weighted by Gasteiger charge is -2.21. The van der Waals surface area contributed by atoms with E-state index in [2.05, 4.69) is 16.7 Å². The Hall–Kier alpha value is -3.29. The molecule has 0 unspecified atom stereocenters. The van der Waals surface area contributed by atoms with Crippen LogP contribution in [-0.4, -0.2) is 38.1 Å². The highest BCUT2D eigenvalue weighted by Gasteiger charge is 2.45. The molecule has 1 atom stereocenters. The number of carbonyl (C=O) groups excluding carboxylic acids is 2. The van der Waals surface area contributed by atoms with Crippen LogP contribution in [0.25, 0.3) is 21.2 Å². The molecule has 1 heterocycles. The van der Waals surface area contributed by atoms with Crippen molar-refractivity contribution < 1.29 is 22.4 Å². The van der Waals surface area contributed by atoms with Gasteiger partial charge >= 0.3 is 0 Å². The molecule has 0 saturated heterocycles. The molecule has 3 aromatic rings. The topological polar surface area (TPSA) is 116 Å². The van der Waals surface area contributed by atoms with E-state index < -0.39 is 39.0 Å². The highest BCUT2D eigenvalue weighted by atomic mass is 32.2. The molecular formula is C26H26FN3O4S2. The maximum Gasteiger partial charge on any atom is 0.265 e. The SMILES string of the molecule is CC(C)C[C@H](NC(=O)c1sc2cc(-c3ccc(S(C)(=O)=O)cc3)ccc2c1F)C(=O)NC1(C#N)CC1. The zero-order chi connectivity index (χ0) is 26.3. The Morgan fingerprint density at radius 2 is 1.78 bits per heavy atom. The fourth-order valence-electron chi connectivity index (χ4n) is 3.92. The number of carbonyl (C=O) groups is 2. The molecule has 0 radical (unpaired) electrons. The fourth-order valence-corrected chi connectivity index (χ4v) is 5.58. The summed E-state index contributed by atoms with van der Waals surface area (Å²) in [6.07, 6.45) is 2.63. The van der Waals surface area contributed by atoms with Crippen molar-refractivity contribution in [1.82, 2.24) is 10.6 Å². The summed E-state index contributed by atoms with van der Waals surface area (Å²) in [5, 5.41) is 14.9. The largest absolute Gasteiger partial charge is 0.339 e. The van der Waals surface area contributed by atoms with Crippen molar-refractivity contribution in [1.29, 1.82) is 5.26 Å². The molecular weight excluding hydrogens is 501 g/mol. The molecule has 4 rings (SSSR count). The number of hydrogen-bond donors (Lipinski definition) is 2. The summed E-state index contributed by atoms with van der Waals surface area (Å²) in [4.78, 5) is 25.9.